The van der Waals surface area contributed by atoms with Crippen molar-refractivity contribution in [3.05, 3.63) is 197 Å². The Morgan fingerprint density at radius 2 is 1.32 bits per heavy atom. The number of fused-ring (bicyclic) bond motifs is 3. The summed E-state index contributed by atoms with van der Waals surface area (Å²) < 4.78 is 2.50. The lowest BCUT2D eigenvalue weighted by atomic mass is 10.0. The van der Waals surface area contributed by atoms with E-state index in [1.165, 1.54) is 43.2 Å². The maximum atomic E-state index is 5.72. The summed E-state index contributed by atoms with van der Waals surface area (Å²) in [6, 6.07) is 52.4. The van der Waals surface area contributed by atoms with Gasteiger partial charge in [0.15, 0.2) is 5.17 Å². The first-order chi connectivity index (χ1) is 24.8. The zero-order valence-electron chi connectivity index (χ0n) is 27.9. The van der Waals surface area contributed by atoms with Gasteiger partial charge in [0.05, 0.1) is 5.52 Å². The van der Waals surface area contributed by atoms with Gasteiger partial charge in [0.2, 0.25) is 0 Å². The molecule has 5 aromatic carbocycles. The van der Waals surface area contributed by atoms with Crippen LogP contribution >= 0.6 is 10.0 Å². The third-order valence-electron chi connectivity index (χ3n) is 10.2. The lowest BCUT2D eigenvalue weighted by molar-refractivity contribution is 0.412. The molecule has 50 heavy (non-hydrogen) atoms. The first-order valence-corrected chi connectivity index (χ1v) is 19.3. The first-order valence-electron chi connectivity index (χ1n) is 17.6. The molecule has 0 saturated heterocycles. The van der Waals surface area contributed by atoms with Gasteiger partial charge >= 0.3 is 0 Å². The summed E-state index contributed by atoms with van der Waals surface area (Å²) in [5.74, 6) is 0. The Morgan fingerprint density at radius 1 is 0.660 bits per heavy atom. The van der Waals surface area contributed by atoms with Crippen molar-refractivity contribution in [2.45, 2.75) is 41.7 Å². The molecule has 2 aliphatic carbocycles. The second-order valence-corrected chi connectivity index (χ2v) is 16.4. The normalized spacial score (nSPS) is 21.7. The van der Waals surface area contributed by atoms with Gasteiger partial charge in [-0.15, -0.1) is 10.0 Å². The smallest absolute Gasteiger partial charge is 0.151 e. The van der Waals surface area contributed by atoms with Crippen molar-refractivity contribution in [3.8, 4) is 5.69 Å². The Hall–Kier alpha value is -5.36. The number of nitrogens with one attached hydrogen (secondary N) is 2. The van der Waals surface area contributed by atoms with Crippen LogP contribution in [-0.4, -0.2) is 15.0 Å². The van der Waals surface area contributed by atoms with E-state index < -0.39 is 10.0 Å². The topological polar surface area (TPSA) is 41.4 Å². The highest BCUT2D eigenvalue weighted by atomic mass is 32.3. The van der Waals surface area contributed by atoms with Crippen LogP contribution in [0, 0.1) is 0 Å². The number of benzene rings is 5. The molecule has 0 saturated carbocycles. The molecule has 0 spiro atoms. The molecule has 9 rings (SSSR count). The van der Waals surface area contributed by atoms with Gasteiger partial charge < -0.3 is 9.88 Å². The highest BCUT2D eigenvalue weighted by Crippen LogP contribution is 2.69. The van der Waals surface area contributed by atoms with E-state index in [-0.39, 0.29) is 17.6 Å². The number of nitrogens with zero attached hydrogens (tertiary/aromatic N) is 2. The zero-order valence-corrected chi connectivity index (χ0v) is 28.7. The summed E-state index contributed by atoms with van der Waals surface area (Å²) in [7, 11) is -1.97. The molecular formula is C45H40N4S. The lowest BCUT2D eigenvalue weighted by Crippen LogP contribution is -2.48. The summed E-state index contributed by atoms with van der Waals surface area (Å²) >= 11 is 0. The van der Waals surface area contributed by atoms with Crippen LogP contribution in [-0.2, 0) is 6.42 Å². The molecule has 246 valence electrons. The summed E-state index contributed by atoms with van der Waals surface area (Å²) in [4.78, 5) is 8.42. The maximum absolute atomic E-state index is 5.72. The Labute approximate surface area is 295 Å². The van der Waals surface area contributed by atoms with Crippen LogP contribution in [0.25, 0.3) is 22.7 Å². The molecule has 0 bridgehead atoms. The molecule has 4 atom stereocenters. The van der Waals surface area contributed by atoms with E-state index in [2.05, 4.69) is 191 Å². The van der Waals surface area contributed by atoms with Crippen molar-refractivity contribution < 1.29 is 0 Å². The summed E-state index contributed by atoms with van der Waals surface area (Å²) in [5, 5.41) is 10.4. The highest BCUT2D eigenvalue weighted by Gasteiger charge is 2.46. The molecule has 5 heteroatoms. The fourth-order valence-corrected chi connectivity index (χ4v) is 12.2. The average Bonchev–Trinajstić information content (AvgIpc) is 3.54. The Balaban J connectivity index is 1.29. The second kappa shape index (κ2) is 13.2. The summed E-state index contributed by atoms with van der Waals surface area (Å²) in [6.07, 6.45) is 14.8. The molecule has 0 radical (unpaired) electrons. The van der Waals surface area contributed by atoms with Crippen LogP contribution in [0.3, 0.4) is 0 Å². The summed E-state index contributed by atoms with van der Waals surface area (Å²) in [5.41, 5.74) is 7.47. The minimum absolute atomic E-state index is 0.114. The van der Waals surface area contributed by atoms with Gasteiger partial charge in [-0.25, -0.2) is 4.99 Å². The van der Waals surface area contributed by atoms with Gasteiger partial charge in [-0.1, -0.05) is 146 Å². The van der Waals surface area contributed by atoms with Crippen LogP contribution in [0.4, 0.5) is 0 Å². The average molecular weight is 669 g/mol. The molecule has 3 aliphatic rings. The van der Waals surface area contributed by atoms with E-state index in [9.17, 15) is 0 Å². The van der Waals surface area contributed by atoms with Crippen molar-refractivity contribution in [1.82, 2.24) is 15.2 Å². The van der Waals surface area contributed by atoms with Gasteiger partial charge in [0, 0.05) is 38.9 Å². The van der Waals surface area contributed by atoms with Crippen molar-refractivity contribution in [2.24, 2.45) is 4.99 Å². The van der Waals surface area contributed by atoms with Crippen LogP contribution in [0.15, 0.2) is 185 Å². The quantitative estimate of drug-likeness (QED) is 0.185. The number of para-hydroxylation sites is 2. The van der Waals surface area contributed by atoms with Crippen LogP contribution < -0.4 is 10.6 Å². The molecule has 1 aromatic heterocycles. The number of allylic oxidation sites excluding steroid dienone is 3. The van der Waals surface area contributed by atoms with Gasteiger partial charge in [-0.2, -0.15) is 0 Å². The number of rotatable bonds is 6. The maximum Gasteiger partial charge on any atom is 0.151 e. The van der Waals surface area contributed by atoms with Gasteiger partial charge in [-0.3, -0.25) is 5.32 Å². The van der Waals surface area contributed by atoms with Crippen molar-refractivity contribution >= 4 is 32.2 Å². The molecule has 2 heterocycles. The Morgan fingerprint density at radius 3 is 2.04 bits per heavy atom. The standard InChI is InChI=1S/C45H40N4S/c1-6-18-33(19-7-1)43-46-44(34-20-8-2-9-21-34)48-45(47-43)50(36-24-12-4-13-25-36,37-26-14-5-15-27-37)38-30-31-40-39-28-16-17-29-41(39)49(42(40)32-38)35-22-10-3-11-23-35/h1-4,6-14,16-31,38,43-44,46H,5,15,32H2,(H,47,48). The number of amidine groups is 1. The number of hydrogen-bond donors (Lipinski definition) is 2. The first kappa shape index (κ1) is 30.7. The molecule has 0 amide bonds. The SMILES string of the molecule is C1=CC(S(C2=NC(c3ccccc3)NC(c3ccccc3)N2)(c2ccccc2)C2C=Cc3c(n(-c4ccccc4)c4ccccc34)C2)=CCC1. The molecule has 4 nitrogen and oxygen atoms in total. The van der Waals surface area contributed by atoms with Gasteiger partial charge in [-0.05, 0) is 59.2 Å². The second-order valence-electron chi connectivity index (χ2n) is 13.1. The zero-order chi connectivity index (χ0) is 33.3. The molecule has 6 aromatic rings. The van der Waals surface area contributed by atoms with E-state index in [0.29, 0.717) is 0 Å². The van der Waals surface area contributed by atoms with E-state index in [1.54, 1.807) is 0 Å². The van der Waals surface area contributed by atoms with Gasteiger partial charge in [0.25, 0.3) is 0 Å². The molecule has 0 fully saturated rings. The minimum Gasteiger partial charge on any atom is -0.346 e. The van der Waals surface area contributed by atoms with Crippen molar-refractivity contribution in [3.63, 3.8) is 0 Å². The minimum atomic E-state index is -1.97. The van der Waals surface area contributed by atoms with Crippen LogP contribution in [0.1, 0.15) is 47.6 Å². The predicted molar refractivity (Wildman–Crippen MR) is 211 cm³/mol. The predicted octanol–water partition coefficient (Wildman–Crippen LogP) is 10.6. The Bertz CT molecular complexity index is 2250. The van der Waals surface area contributed by atoms with Crippen molar-refractivity contribution in [1.29, 1.82) is 0 Å². The van der Waals surface area contributed by atoms with E-state index in [1.807, 2.05) is 0 Å². The molecule has 2 N–H and O–H groups in total. The number of aromatic nitrogens is 1. The van der Waals surface area contributed by atoms with E-state index in [0.717, 1.165) is 30.0 Å². The van der Waals surface area contributed by atoms with Crippen molar-refractivity contribution in [2.75, 3.05) is 0 Å². The Kier molecular flexibility index (Phi) is 8.08. The monoisotopic (exact) mass is 668 g/mol. The number of aliphatic imine (C=N–C) groups is 1. The van der Waals surface area contributed by atoms with E-state index >= 15 is 0 Å². The van der Waals surface area contributed by atoms with Gasteiger partial charge in [0.1, 0.15) is 12.3 Å². The van der Waals surface area contributed by atoms with Crippen LogP contribution in [0.2, 0.25) is 0 Å². The third-order valence-corrected chi connectivity index (χ3v) is 14.3. The van der Waals surface area contributed by atoms with E-state index in [4.69, 9.17) is 4.99 Å². The fourth-order valence-electron chi connectivity index (χ4n) is 7.92. The largest absolute Gasteiger partial charge is 0.346 e. The third kappa shape index (κ3) is 5.25. The fraction of sp³-hybridized carbons (Fsp3) is 0.133. The lowest BCUT2D eigenvalue weighted by Gasteiger charge is -2.51. The molecule has 4 unspecified atom stereocenters. The highest BCUT2D eigenvalue weighted by molar-refractivity contribution is 8.48. The molecule has 1 aliphatic heterocycles. The number of hydrogen-bond acceptors (Lipinski definition) is 3. The molecular weight excluding hydrogens is 629 g/mol. The van der Waals surface area contributed by atoms with Crippen LogP contribution in [0.5, 0.6) is 0 Å². The summed E-state index contributed by atoms with van der Waals surface area (Å²) in [6.45, 7) is 0.